The highest BCUT2D eigenvalue weighted by Crippen LogP contribution is 2.32. The Balaban J connectivity index is 1.20. The van der Waals surface area contributed by atoms with Gasteiger partial charge in [-0.2, -0.15) is 0 Å². The standard InChI is InChI=1S/C27H20N2O5S/c1-33-23-9-5-4-8-22(23)24-28-19(16-35-24)15-34-27(32)18-12-10-17(11-13-18)14-29-25(30)20-6-2-3-7-21(20)26(29)31/h2-13,16H,14-15H2,1H3. The quantitative estimate of drug-likeness (QED) is 0.272. The van der Waals surface area contributed by atoms with Gasteiger partial charge in [0.25, 0.3) is 11.8 Å². The van der Waals surface area contributed by atoms with Gasteiger partial charge in [-0.15, -0.1) is 11.3 Å². The van der Waals surface area contributed by atoms with Crippen molar-refractivity contribution in [2.45, 2.75) is 13.2 Å². The molecule has 0 N–H and O–H groups in total. The van der Waals surface area contributed by atoms with Crippen LogP contribution in [0.2, 0.25) is 0 Å². The maximum absolute atomic E-state index is 12.6. The van der Waals surface area contributed by atoms with Crippen molar-refractivity contribution in [2.24, 2.45) is 0 Å². The molecule has 0 saturated carbocycles. The fraction of sp³-hybridized carbons (Fsp3) is 0.111. The zero-order valence-electron chi connectivity index (χ0n) is 18.8. The monoisotopic (exact) mass is 484 g/mol. The zero-order chi connectivity index (χ0) is 24.4. The lowest BCUT2D eigenvalue weighted by atomic mass is 10.1. The number of methoxy groups -OCH3 is 1. The summed E-state index contributed by atoms with van der Waals surface area (Å²) in [5.41, 5.74) is 3.45. The second-order valence-electron chi connectivity index (χ2n) is 7.86. The Morgan fingerprint density at radius 3 is 2.17 bits per heavy atom. The first-order chi connectivity index (χ1) is 17.0. The molecule has 0 fully saturated rings. The summed E-state index contributed by atoms with van der Waals surface area (Å²) in [7, 11) is 1.61. The molecule has 0 atom stereocenters. The predicted octanol–water partition coefficient (Wildman–Crippen LogP) is 4.97. The molecule has 8 heteroatoms. The Bertz CT molecular complexity index is 1390. The second kappa shape index (κ2) is 9.52. The van der Waals surface area contributed by atoms with E-state index < -0.39 is 5.97 Å². The van der Waals surface area contributed by atoms with Gasteiger partial charge in [0.1, 0.15) is 17.4 Å². The summed E-state index contributed by atoms with van der Waals surface area (Å²) in [6.07, 6.45) is 0. The first-order valence-electron chi connectivity index (χ1n) is 10.8. The van der Waals surface area contributed by atoms with Crippen LogP contribution in [0.3, 0.4) is 0 Å². The lowest BCUT2D eigenvalue weighted by Crippen LogP contribution is -2.29. The summed E-state index contributed by atoms with van der Waals surface area (Å²) < 4.78 is 10.8. The second-order valence-corrected chi connectivity index (χ2v) is 8.72. The van der Waals surface area contributed by atoms with Crippen LogP contribution >= 0.6 is 11.3 Å². The van der Waals surface area contributed by atoms with Crippen LogP contribution in [0.4, 0.5) is 0 Å². The van der Waals surface area contributed by atoms with Gasteiger partial charge in [-0.1, -0.05) is 36.4 Å². The molecule has 0 saturated heterocycles. The molecule has 1 aliphatic heterocycles. The number of rotatable bonds is 7. The molecular formula is C27H20N2O5S. The molecule has 0 aliphatic carbocycles. The Kier molecular flexibility index (Phi) is 6.12. The van der Waals surface area contributed by atoms with Gasteiger partial charge >= 0.3 is 5.97 Å². The number of hydrogen-bond donors (Lipinski definition) is 0. The first kappa shape index (κ1) is 22.5. The number of benzene rings is 3. The lowest BCUT2D eigenvalue weighted by Gasteiger charge is -2.14. The van der Waals surface area contributed by atoms with Crippen molar-refractivity contribution >= 4 is 29.1 Å². The van der Waals surface area contributed by atoms with E-state index in [1.807, 2.05) is 29.6 Å². The van der Waals surface area contributed by atoms with E-state index in [2.05, 4.69) is 4.98 Å². The van der Waals surface area contributed by atoms with Crippen LogP contribution in [0.15, 0.2) is 78.2 Å². The number of ether oxygens (including phenoxy) is 2. The van der Waals surface area contributed by atoms with Gasteiger partial charge in [-0.25, -0.2) is 9.78 Å². The first-order valence-corrected chi connectivity index (χ1v) is 11.7. The third-order valence-electron chi connectivity index (χ3n) is 5.65. The molecule has 0 bridgehead atoms. The van der Waals surface area contributed by atoms with Crippen LogP contribution in [0, 0.1) is 0 Å². The SMILES string of the molecule is COc1ccccc1-c1nc(COC(=O)c2ccc(CN3C(=O)c4ccccc4C3=O)cc2)cs1. The molecule has 174 valence electrons. The smallest absolute Gasteiger partial charge is 0.338 e. The molecular weight excluding hydrogens is 464 g/mol. The van der Waals surface area contributed by atoms with E-state index in [0.717, 1.165) is 21.9 Å². The highest BCUT2D eigenvalue weighted by Gasteiger charge is 2.34. The number of carbonyl (C=O) groups excluding carboxylic acids is 3. The molecule has 0 spiro atoms. The molecule has 4 aromatic rings. The van der Waals surface area contributed by atoms with E-state index in [9.17, 15) is 14.4 Å². The largest absolute Gasteiger partial charge is 0.496 e. The number of imide groups is 1. The predicted molar refractivity (Wildman–Crippen MR) is 130 cm³/mol. The number of aromatic nitrogens is 1. The minimum atomic E-state index is -0.482. The van der Waals surface area contributed by atoms with Crippen LogP contribution in [-0.2, 0) is 17.9 Å². The van der Waals surface area contributed by atoms with Gasteiger partial charge in [0, 0.05) is 5.38 Å². The number of thiazole rings is 1. The normalized spacial score (nSPS) is 12.5. The minimum absolute atomic E-state index is 0.0429. The minimum Gasteiger partial charge on any atom is -0.496 e. The van der Waals surface area contributed by atoms with E-state index in [0.29, 0.717) is 22.4 Å². The Hall–Kier alpha value is -4.30. The third-order valence-corrected chi connectivity index (χ3v) is 6.57. The molecule has 0 radical (unpaired) electrons. The van der Waals surface area contributed by atoms with E-state index in [1.165, 1.54) is 16.2 Å². The Morgan fingerprint density at radius 1 is 0.886 bits per heavy atom. The number of amides is 2. The maximum Gasteiger partial charge on any atom is 0.338 e. The summed E-state index contributed by atoms with van der Waals surface area (Å²) >= 11 is 1.45. The summed E-state index contributed by atoms with van der Waals surface area (Å²) in [6, 6.07) is 21.0. The Morgan fingerprint density at radius 2 is 1.51 bits per heavy atom. The summed E-state index contributed by atoms with van der Waals surface area (Å²) in [6.45, 7) is 0.174. The zero-order valence-corrected chi connectivity index (χ0v) is 19.6. The van der Waals surface area contributed by atoms with Crippen molar-refractivity contribution in [1.29, 1.82) is 0 Å². The number of fused-ring (bicyclic) bond motifs is 1. The molecule has 2 amide bonds. The van der Waals surface area contributed by atoms with Crippen molar-refractivity contribution in [1.82, 2.24) is 9.88 Å². The van der Waals surface area contributed by atoms with E-state index in [4.69, 9.17) is 9.47 Å². The van der Waals surface area contributed by atoms with Crippen molar-refractivity contribution < 1.29 is 23.9 Å². The van der Waals surface area contributed by atoms with E-state index in [1.54, 1.807) is 55.6 Å². The highest BCUT2D eigenvalue weighted by atomic mass is 32.1. The average Bonchev–Trinajstić information content (AvgIpc) is 3.47. The lowest BCUT2D eigenvalue weighted by molar-refractivity contribution is 0.0467. The van der Waals surface area contributed by atoms with E-state index >= 15 is 0 Å². The molecule has 0 unspecified atom stereocenters. The van der Waals surface area contributed by atoms with Crippen LogP contribution in [0.1, 0.15) is 42.3 Å². The summed E-state index contributed by atoms with van der Waals surface area (Å²) in [5, 5.41) is 2.63. The fourth-order valence-electron chi connectivity index (χ4n) is 3.85. The highest BCUT2D eigenvalue weighted by molar-refractivity contribution is 7.13. The van der Waals surface area contributed by atoms with Crippen LogP contribution in [-0.4, -0.2) is 34.8 Å². The average molecular weight is 485 g/mol. The molecule has 2 heterocycles. The van der Waals surface area contributed by atoms with Crippen molar-refractivity contribution in [2.75, 3.05) is 7.11 Å². The maximum atomic E-state index is 12.6. The molecule has 1 aliphatic rings. The van der Waals surface area contributed by atoms with Crippen LogP contribution in [0.25, 0.3) is 10.6 Å². The van der Waals surface area contributed by atoms with Crippen LogP contribution in [0.5, 0.6) is 5.75 Å². The summed E-state index contributed by atoms with van der Waals surface area (Å²) in [5.74, 6) is -0.384. The molecule has 3 aromatic carbocycles. The van der Waals surface area contributed by atoms with Crippen molar-refractivity contribution in [3.05, 3.63) is 106 Å². The van der Waals surface area contributed by atoms with Gasteiger partial charge in [-0.05, 0) is 42.0 Å². The molecule has 5 rings (SSSR count). The van der Waals surface area contributed by atoms with Crippen molar-refractivity contribution in [3.63, 3.8) is 0 Å². The number of nitrogens with zero attached hydrogens (tertiary/aromatic N) is 2. The molecule has 7 nitrogen and oxygen atoms in total. The molecule has 1 aromatic heterocycles. The number of para-hydroxylation sites is 1. The van der Waals surface area contributed by atoms with Crippen molar-refractivity contribution in [3.8, 4) is 16.3 Å². The number of hydrogen-bond acceptors (Lipinski definition) is 7. The van der Waals surface area contributed by atoms with Gasteiger partial charge < -0.3 is 9.47 Å². The number of carbonyl (C=O) groups is 3. The van der Waals surface area contributed by atoms with Gasteiger partial charge in [0.15, 0.2) is 0 Å². The number of esters is 1. The van der Waals surface area contributed by atoms with Gasteiger partial charge in [-0.3, -0.25) is 14.5 Å². The van der Waals surface area contributed by atoms with Crippen LogP contribution < -0.4 is 4.74 Å². The topological polar surface area (TPSA) is 85.8 Å². The van der Waals surface area contributed by atoms with Gasteiger partial charge in [0.2, 0.25) is 0 Å². The fourth-order valence-corrected chi connectivity index (χ4v) is 4.69. The van der Waals surface area contributed by atoms with Gasteiger partial charge in [0.05, 0.1) is 41.6 Å². The van der Waals surface area contributed by atoms with E-state index in [-0.39, 0.29) is 25.0 Å². The molecule has 35 heavy (non-hydrogen) atoms. The summed E-state index contributed by atoms with van der Waals surface area (Å²) in [4.78, 5) is 43.4. The Labute approximate surface area is 205 Å². The third kappa shape index (κ3) is 4.43.